The van der Waals surface area contributed by atoms with Gasteiger partial charge in [0.15, 0.2) is 0 Å². The zero-order valence-corrected chi connectivity index (χ0v) is 18.5. The zero-order chi connectivity index (χ0) is 22.8. The van der Waals surface area contributed by atoms with E-state index in [1.54, 1.807) is 18.2 Å². The molecular weight excluding hydrogens is 406 g/mol. The maximum atomic E-state index is 12.4. The Morgan fingerprint density at radius 3 is 2.22 bits per heavy atom. The lowest BCUT2D eigenvalue weighted by atomic mass is 9.68. The average Bonchev–Trinajstić information content (AvgIpc) is 2.79. The van der Waals surface area contributed by atoms with Gasteiger partial charge in [0.05, 0.1) is 0 Å². The van der Waals surface area contributed by atoms with E-state index in [0.29, 0.717) is 44.3 Å². The number of benzene rings is 1. The molecular formula is C25H33N3O4. The molecule has 4 N–H and O–H groups in total. The highest BCUT2D eigenvalue weighted by atomic mass is 16.3. The average molecular weight is 440 g/mol. The third-order valence-corrected chi connectivity index (χ3v) is 6.15. The van der Waals surface area contributed by atoms with Crippen molar-refractivity contribution in [2.75, 3.05) is 26.2 Å². The van der Waals surface area contributed by atoms with Crippen molar-refractivity contribution < 1.29 is 19.5 Å². The normalized spacial score (nSPS) is 21.1. The van der Waals surface area contributed by atoms with E-state index >= 15 is 0 Å². The topological polar surface area (TPSA) is 108 Å². The number of carbonyl (C=O) groups excluding carboxylic acids is 3. The summed E-state index contributed by atoms with van der Waals surface area (Å²) in [6.07, 6.45) is 11.1. The molecule has 172 valence electrons. The molecule has 2 amide bonds. The minimum atomic E-state index is -0.605. The van der Waals surface area contributed by atoms with Gasteiger partial charge in [0, 0.05) is 43.0 Å². The van der Waals surface area contributed by atoms with Gasteiger partial charge in [-0.3, -0.25) is 14.4 Å². The molecule has 0 atom stereocenters. The van der Waals surface area contributed by atoms with Gasteiger partial charge in [-0.1, -0.05) is 12.1 Å². The van der Waals surface area contributed by atoms with Crippen LogP contribution in [0.5, 0.6) is 5.75 Å². The number of hydrogen-bond acceptors (Lipinski definition) is 5. The third kappa shape index (κ3) is 6.79. The number of fused-ring (bicyclic) bond motifs is 3. The van der Waals surface area contributed by atoms with Crippen LogP contribution >= 0.6 is 0 Å². The fourth-order valence-corrected chi connectivity index (χ4v) is 4.22. The molecule has 1 fully saturated rings. The van der Waals surface area contributed by atoms with Crippen LogP contribution in [0.3, 0.4) is 0 Å². The van der Waals surface area contributed by atoms with Crippen molar-refractivity contribution in [2.24, 2.45) is 0 Å². The van der Waals surface area contributed by atoms with E-state index in [9.17, 15) is 19.5 Å². The maximum Gasteiger partial charge on any atom is 0.243 e. The van der Waals surface area contributed by atoms with Gasteiger partial charge in [0.25, 0.3) is 0 Å². The lowest BCUT2D eigenvalue weighted by Gasteiger charge is -2.35. The second-order valence-corrected chi connectivity index (χ2v) is 8.53. The van der Waals surface area contributed by atoms with Crippen LogP contribution in [0.2, 0.25) is 0 Å². The van der Waals surface area contributed by atoms with E-state index in [2.05, 4.69) is 16.0 Å². The number of aromatic hydroxyl groups is 1. The summed E-state index contributed by atoms with van der Waals surface area (Å²) in [5.41, 5.74) is 0.849. The number of nitrogens with one attached hydrogen (secondary N) is 3. The summed E-state index contributed by atoms with van der Waals surface area (Å²) in [5, 5.41) is 19.8. The highest BCUT2D eigenvalue weighted by Crippen LogP contribution is 2.43. The number of amides is 2. The van der Waals surface area contributed by atoms with Crippen LogP contribution in [0.1, 0.15) is 56.1 Å². The van der Waals surface area contributed by atoms with Crippen LogP contribution in [0.15, 0.2) is 36.4 Å². The summed E-state index contributed by atoms with van der Waals surface area (Å²) in [5.74, 6) is -0.0131. The Morgan fingerprint density at radius 1 is 0.781 bits per heavy atom. The minimum absolute atomic E-state index is 0.126. The summed E-state index contributed by atoms with van der Waals surface area (Å²) < 4.78 is 0. The third-order valence-electron chi connectivity index (χ3n) is 6.15. The zero-order valence-electron chi connectivity index (χ0n) is 18.5. The van der Waals surface area contributed by atoms with Gasteiger partial charge >= 0.3 is 0 Å². The van der Waals surface area contributed by atoms with Crippen molar-refractivity contribution >= 4 is 23.7 Å². The molecule has 1 aromatic rings. The Kier molecular flexibility index (Phi) is 8.62. The van der Waals surface area contributed by atoms with Gasteiger partial charge in [-0.25, -0.2) is 0 Å². The van der Waals surface area contributed by atoms with Gasteiger partial charge in [0.2, 0.25) is 11.8 Å². The first-order valence-electron chi connectivity index (χ1n) is 11.5. The van der Waals surface area contributed by atoms with Crippen molar-refractivity contribution in [1.82, 2.24) is 16.0 Å². The fourth-order valence-electron chi connectivity index (χ4n) is 4.22. The highest BCUT2D eigenvalue weighted by molar-refractivity contribution is 5.91. The largest absolute Gasteiger partial charge is 0.508 e. The summed E-state index contributed by atoms with van der Waals surface area (Å²) >= 11 is 0. The number of Topliss-reactive ketones (excluding diaryl/α,β-unsaturated/α-hetero) is 1. The molecule has 0 radical (unpaired) electrons. The quantitative estimate of drug-likeness (QED) is 0.496. The Morgan fingerprint density at radius 2 is 1.44 bits per heavy atom. The molecule has 7 nitrogen and oxygen atoms in total. The van der Waals surface area contributed by atoms with Crippen LogP contribution in [0.25, 0.3) is 6.08 Å². The molecule has 1 aromatic carbocycles. The summed E-state index contributed by atoms with van der Waals surface area (Å²) in [7, 11) is 0. The van der Waals surface area contributed by atoms with Gasteiger partial charge < -0.3 is 21.1 Å². The molecule has 7 heteroatoms. The SMILES string of the molecule is O=C1CCC2(C=CC(=O)NCCCCNCCCNC(=O)C=Cc3ccc(O)c2c3)CC1. The first kappa shape index (κ1) is 23.7. The molecule has 1 spiro atoms. The lowest BCUT2D eigenvalue weighted by Crippen LogP contribution is -2.31. The number of allylic oxidation sites excluding steroid dienone is 1. The monoisotopic (exact) mass is 439 g/mol. The predicted molar refractivity (Wildman–Crippen MR) is 124 cm³/mol. The second kappa shape index (κ2) is 11.6. The molecule has 0 saturated heterocycles. The van der Waals surface area contributed by atoms with Crippen LogP contribution < -0.4 is 16.0 Å². The second-order valence-electron chi connectivity index (χ2n) is 8.53. The van der Waals surface area contributed by atoms with E-state index < -0.39 is 5.41 Å². The summed E-state index contributed by atoms with van der Waals surface area (Å²) in [4.78, 5) is 36.4. The number of phenols is 1. The Labute approximate surface area is 189 Å². The van der Waals surface area contributed by atoms with Gasteiger partial charge in [-0.15, -0.1) is 0 Å². The van der Waals surface area contributed by atoms with E-state index in [1.807, 2.05) is 12.1 Å². The number of hydrogen-bond donors (Lipinski definition) is 4. The van der Waals surface area contributed by atoms with Crippen molar-refractivity contribution in [1.29, 1.82) is 0 Å². The molecule has 0 aromatic heterocycles. The van der Waals surface area contributed by atoms with Crippen molar-refractivity contribution in [2.45, 2.75) is 50.4 Å². The number of ketones is 1. The van der Waals surface area contributed by atoms with Gasteiger partial charge in [-0.05, 0) is 75.0 Å². The maximum absolute atomic E-state index is 12.4. The molecule has 2 bridgehead atoms. The number of rotatable bonds is 0. The molecule has 1 aliphatic carbocycles. The Hall–Kier alpha value is -2.93. The van der Waals surface area contributed by atoms with Crippen LogP contribution in [-0.2, 0) is 19.8 Å². The molecule has 0 unspecified atom stereocenters. The number of phenolic OH excluding ortho intramolecular Hbond substituents is 1. The molecule has 1 aliphatic heterocycles. The first-order valence-corrected chi connectivity index (χ1v) is 11.5. The Bertz CT molecular complexity index is 881. The van der Waals surface area contributed by atoms with Gasteiger partial charge in [-0.2, -0.15) is 0 Å². The molecule has 3 rings (SSSR count). The van der Waals surface area contributed by atoms with Crippen LogP contribution in [0.4, 0.5) is 0 Å². The van der Waals surface area contributed by atoms with Gasteiger partial charge in [0.1, 0.15) is 11.5 Å². The van der Waals surface area contributed by atoms with Crippen LogP contribution in [0, 0.1) is 0 Å². The lowest BCUT2D eigenvalue weighted by molar-refractivity contribution is -0.121. The molecule has 1 heterocycles. The summed E-state index contributed by atoms with van der Waals surface area (Å²) in [6.45, 7) is 2.88. The fraction of sp³-hybridized carbons (Fsp3) is 0.480. The van der Waals surface area contributed by atoms with Crippen molar-refractivity contribution in [3.8, 4) is 5.75 Å². The van der Waals surface area contributed by atoms with E-state index in [4.69, 9.17) is 0 Å². The number of carbonyl (C=O) groups is 3. The minimum Gasteiger partial charge on any atom is -0.508 e. The van der Waals surface area contributed by atoms with Crippen molar-refractivity contribution in [3.63, 3.8) is 0 Å². The smallest absolute Gasteiger partial charge is 0.243 e. The van der Waals surface area contributed by atoms with Crippen LogP contribution in [-0.4, -0.2) is 48.9 Å². The van der Waals surface area contributed by atoms with E-state index in [-0.39, 0.29) is 23.3 Å². The predicted octanol–water partition coefficient (Wildman–Crippen LogP) is 2.35. The first-order chi connectivity index (χ1) is 15.5. The summed E-state index contributed by atoms with van der Waals surface area (Å²) in [6, 6.07) is 5.20. The Balaban J connectivity index is 1.89. The van der Waals surface area contributed by atoms with Crippen molar-refractivity contribution in [3.05, 3.63) is 47.6 Å². The molecule has 32 heavy (non-hydrogen) atoms. The van der Waals surface area contributed by atoms with E-state index in [1.165, 1.54) is 12.2 Å². The highest BCUT2D eigenvalue weighted by Gasteiger charge is 2.36. The molecule has 1 saturated carbocycles. The van der Waals surface area contributed by atoms with E-state index in [0.717, 1.165) is 37.9 Å². The molecule has 2 aliphatic rings. The standard InChI is InChI=1S/C25H33N3O4/c29-20-8-11-25(12-9-20)13-10-24(32)27-16-2-1-14-26-15-3-17-28-23(31)7-5-19-4-6-22(30)21(25)18-19/h4-7,10,13,18,26,30H,1-3,8-9,11-12,14-17H2,(H,27,32)(H,28,31).